The average molecular weight is 341 g/mol. The first-order valence-electron chi connectivity index (χ1n) is 7.74. The van der Waals surface area contributed by atoms with E-state index in [1.54, 1.807) is 49.4 Å². The summed E-state index contributed by atoms with van der Waals surface area (Å²) in [6.45, 7) is 2.00. The molecule has 0 amide bonds. The molecule has 6 nitrogen and oxygen atoms in total. The Labute approximate surface area is 143 Å². The standard InChI is InChI=1S/C18H16FN3O3/c1-2-24-18(23)17-16(20-22-21-17)13-8-4-6-10-15(13)25-11-12-7-3-5-9-14(12)19/h3-10H,2,11H2,1H3,(H,20,21,22). The monoisotopic (exact) mass is 341 g/mol. The first-order chi connectivity index (χ1) is 12.2. The maximum absolute atomic E-state index is 13.8. The van der Waals surface area contributed by atoms with Gasteiger partial charge >= 0.3 is 5.97 Å². The fraction of sp³-hybridized carbons (Fsp3) is 0.167. The van der Waals surface area contributed by atoms with Gasteiger partial charge in [0, 0.05) is 11.1 Å². The fourth-order valence-corrected chi connectivity index (χ4v) is 2.32. The zero-order valence-corrected chi connectivity index (χ0v) is 13.5. The Morgan fingerprint density at radius 1 is 1.12 bits per heavy atom. The minimum Gasteiger partial charge on any atom is -0.488 e. The van der Waals surface area contributed by atoms with Crippen molar-refractivity contribution >= 4 is 5.97 Å². The second-order valence-corrected chi connectivity index (χ2v) is 5.12. The molecule has 0 saturated carbocycles. The van der Waals surface area contributed by atoms with Gasteiger partial charge in [-0.15, -0.1) is 5.10 Å². The highest BCUT2D eigenvalue weighted by molar-refractivity contribution is 5.94. The summed E-state index contributed by atoms with van der Waals surface area (Å²) < 4.78 is 24.5. The lowest BCUT2D eigenvalue weighted by Crippen LogP contribution is -2.07. The molecular formula is C18H16FN3O3. The summed E-state index contributed by atoms with van der Waals surface area (Å²) in [6.07, 6.45) is 0. The number of nitrogens with one attached hydrogen (secondary N) is 1. The molecule has 0 bridgehead atoms. The topological polar surface area (TPSA) is 77.1 Å². The van der Waals surface area contributed by atoms with Crippen LogP contribution in [0.1, 0.15) is 23.0 Å². The number of aromatic nitrogens is 3. The summed E-state index contributed by atoms with van der Waals surface area (Å²) in [4.78, 5) is 12.0. The molecule has 0 radical (unpaired) electrons. The van der Waals surface area contributed by atoms with Crippen molar-refractivity contribution in [3.8, 4) is 17.0 Å². The molecule has 0 saturated heterocycles. The highest BCUT2D eigenvalue weighted by Gasteiger charge is 2.21. The molecule has 0 aliphatic rings. The van der Waals surface area contributed by atoms with Crippen molar-refractivity contribution in [1.29, 1.82) is 0 Å². The van der Waals surface area contributed by atoms with Gasteiger partial charge in [-0.1, -0.05) is 30.3 Å². The van der Waals surface area contributed by atoms with Gasteiger partial charge in [-0.3, -0.25) is 0 Å². The number of H-pyrrole nitrogens is 1. The van der Waals surface area contributed by atoms with E-state index in [-0.39, 0.29) is 24.7 Å². The van der Waals surface area contributed by atoms with Gasteiger partial charge in [0.05, 0.1) is 6.61 Å². The van der Waals surface area contributed by atoms with Gasteiger partial charge in [0.15, 0.2) is 5.69 Å². The van der Waals surface area contributed by atoms with Crippen LogP contribution in [0.3, 0.4) is 0 Å². The molecule has 0 aliphatic carbocycles. The molecular weight excluding hydrogens is 325 g/mol. The lowest BCUT2D eigenvalue weighted by atomic mass is 10.1. The summed E-state index contributed by atoms with van der Waals surface area (Å²) in [5.41, 5.74) is 1.39. The van der Waals surface area contributed by atoms with E-state index < -0.39 is 5.97 Å². The lowest BCUT2D eigenvalue weighted by Gasteiger charge is -2.11. The number of ether oxygens (including phenoxy) is 2. The largest absolute Gasteiger partial charge is 0.488 e. The SMILES string of the molecule is CCOC(=O)c1n[nH]nc1-c1ccccc1OCc1ccccc1F. The van der Waals surface area contributed by atoms with Crippen LogP contribution in [0.4, 0.5) is 4.39 Å². The van der Waals surface area contributed by atoms with Crippen molar-refractivity contribution in [2.75, 3.05) is 6.61 Å². The van der Waals surface area contributed by atoms with Crippen molar-refractivity contribution in [3.63, 3.8) is 0 Å². The van der Waals surface area contributed by atoms with E-state index in [9.17, 15) is 9.18 Å². The third-order valence-corrected chi connectivity index (χ3v) is 3.50. The van der Waals surface area contributed by atoms with E-state index >= 15 is 0 Å². The summed E-state index contributed by atoms with van der Waals surface area (Å²) in [5, 5.41) is 10.3. The highest BCUT2D eigenvalue weighted by atomic mass is 19.1. The smallest absolute Gasteiger partial charge is 0.361 e. The van der Waals surface area contributed by atoms with Gasteiger partial charge in [-0.2, -0.15) is 10.3 Å². The third kappa shape index (κ3) is 3.65. The molecule has 7 heteroatoms. The zero-order chi connectivity index (χ0) is 17.6. The van der Waals surface area contributed by atoms with Gasteiger partial charge in [-0.25, -0.2) is 9.18 Å². The molecule has 2 aromatic carbocycles. The summed E-state index contributed by atoms with van der Waals surface area (Å²) >= 11 is 0. The summed E-state index contributed by atoms with van der Waals surface area (Å²) in [7, 11) is 0. The zero-order valence-electron chi connectivity index (χ0n) is 13.5. The Kier molecular flexibility index (Phi) is 5.03. The average Bonchev–Trinajstić information content (AvgIpc) is 3.11. The van der Waals surface area contributed by atoms with Gasteiger partial charge < -0.3 is 9.47 Å². The molecule has 3 rings (SSSR count). The van der Waals surface area contributed by atoms with E-state index in [1.165, 1.54) is 6.07 Å². The number of benzene rings is 2. The molecule has 0 atom stereocenters. The molecule has 1 heterocycles. The van der Waals surface area contributed by atoms with E-state index in [0.717, 1.165) is 0 Å². The molecule has 0 spiro atoms. The summed E-state index contributed by atoms with van der Waals surface area (Å²) in [5.74, 6) is -0.450. The predicted octanol–water partition coefficient (Wildman–Crippen LogP) is 3.37. The van der Waals surface area contributed by atoms with Crippen LogP contribution in [0.25, 0.3) is 11.3 Å². The van der Waals surface area contributed by atoms with Crippen LogP contribution >= 0.6 is 0 Å². The second-order valence-electron chi connectivity index (χ2n) is 5.12. The van der Waals surface area contributed by atoms with Crippen LogP contribution in [-0.4, -0.2) is 28.0 Å². The fourth-order valence-electron chi connectivity index (χ4n) is 2.32. The maximum atomic E-state index is 13.8. The first kappa shape index (κ1) is 16.6. The van der Waals surface area contributed by atoms with Gasteiger partial charge in [0.25, 0.3) is 0 Å². The van der Waals surface area contributed by atoms with Crippen LogP contribution in [0, 0.1) is 5.82 Å². The Bertz CT molecular complexity index is 879. The Morgan fingerprint density at radius 3 is 2.68 bits per heavy atom. The van der Waals surface area contributed by atoms with E-state index in [4.69, 9.17) is 9.47 Å². The molecule has 3 aromatic rings. The Balaban J connectivity index is 1.88. The number of esters is 1. The van der Waals surface area contributed by atoms with E-state index in [0.29, 0.717) is 22.6 Å². The van der Waals surface area contributed by atoms with Crippen molar-refractivity contribution in [2.45, 2.75) is 13.5 Å². The third-order valence-electron chi connectivity index (χ3n) is 3.50. The minimum atomic E-state index is -0.574. The van der Waals surface area contributed by atoms with Crippen molar-refractivity contribution in [1.82, 2.24) is 15.4 Å². The maximum Gasteiger partial charge on any atom is 0.361 e. The molecule has 1 aromatic heterocycles. The molecule has 128 valence electrons. The van der Waals surface area contributed by atoms with Crippen LogP contribution < -0.4 is 4.74 Å². The normalized spacial score (nSPS) is 10.5. The minimum absolute atomic E-state index is 0.0519. The number of rotatable bonds is 6. The van der Waals surface area contributed by atoms with Gasteiger partial charge in [0.2, 0.25) is 0 Å². The van der Waals surface area contributed by atoms with Crippen molar-refractivity contribution < 1.29 is 18.7 Å². The molecule has 0 unspecified atom stereocenters. The van der Waals surface area contributed by atoms with E-state index in [2.05, 4.69) is 15.4 Å². The summed E-state index contributed by atoms with van der Waals surface area (Å²) in [6, 6.07) is 13.4. The van der Waals surface area contributed by atoms with Gasteiger partial charge in [0.1, 0.15) is 23.9 Å². The highest BCUT2D eigenvalue weighted by Crippen LogP contribution is 2.31. The van der Waals surface area contributed by atoms with Crippen LogP contribution in [-0.2, 0) is 11.3 Å². The molecule has 0 aliphatic heterocycles. The first-order valence-corrected chi connectivity index (χ1v) is 7.74. The lowest BCUT2D eigenvalue weighted by molar-refractivity contribution is 0.0520. The number of halogens is 1. The molecule has 1 N–H and O–H groups in total. The Hall–Kier alpha value is -3.22. The quantitative estimate of drug-likeness (QED) is 0.696. The van der Waals surface area contributed by atoms with Crippen LogP contribution in [0.2, 0.25) is 0 Å². The molecule has 0 fully saturated rings. The van der Waals surface area contributed by atoms with Crippen molar-refractivity contribution in [2.24, 2.45) is 0 Å². The predicted molar refractivity (Wildman–Crippen MR) is 88.5 cm³/mol. The number of carbonyl (C=O) groups is 1. The number of hydrogen-bond donors (Lipinski definition) is 1. The van der Waals surface area contributed by atoms with Gasteiger partial charge in [-0.05, 0) is 25.1 Å². The number of para-hydroxylation sites is 1. The van der Waals surface area contributed by atoms with Crippen molar-refractivity contribution in [3.05, 3.63) is 65.6 Å². The Morgan fingerprint density at radius 2 is 1.88 bits per heavy atom. The number of carbonyl (C=O) groups excluding carboxylic acids is 1. The van der Waals surface area contributed by atoms with Crippen LogP contribution in [0.5, 0.6) is 5.75 Å². The number of hydrogen-bond acceptors (Lipinski definition) is 5. The molecule has 25 heavy (non-hydrogen) atoms. The second kappa shape index (κ2) is 7.57. The van der Waals surface area contributed by atoms with E-state index in [1.807, 2.05) is 0 Å². The van der Waals surface area contributed by atoms with Crippen LogP contribution in [0.15, 0.2) is 48.5 Å². The number of aromatic amines is 1. The number of nitrogens with zero attached hydrogens (tertiary/aromatic N) is 2.